The average Bonchev–Trinajstić information content (AvgIpc) is 2.68. The van der Waals surface area contributed by atoms with Crippen molar-refractivity contribution in [3.05, 3.63) is 24.4 Å². The fourth-order valence-corrected chi connectivity index (χ4v) is 1.05. The molecule has 0 aliphatic carbocycles. The molecule has 0 spiro atoms. The summed E-state index contributed by atoms with van der Waals surface area (Å²) < 4.78 is 4.95. The molecule has 0 fully saturated rings. The maximum Gasteiger partial charge on any atom is 0.321 e. The van der Waals surface area contributed by atoms with Crippen molar-refractivity contribution in [2.45, 2.75) is 6.92 Å². The molecular formula is C9H10N4O. The molecule has 0 aliphatic heterocycles. The van der Waals surface area contributed by atoms with E-state index >= 15 is 0 Å². The average molecular weight is 190 g/mol. The minimum atomic E-state index is 0.424. The van der Waals surface area contributed by atoms with Crippen LogP contribution in [0.25, 0.3) is 11.5 Å². The molecule has 2 aromatic rings. The molecule has 1 N–H and O–H groups in total. The Labute approximate surface area is 81.2 Å². The first-order valence-electron chi connectivity index (χ1n) is 4.39. The monoisotopic (exact) mass is 190 g/mol. The van der Waals surface area contributed by atoms with Gasteiger partial charge in [0.1, 0.15) is 5.69 Å². The van der Waals surface area contributed by atoms with Gasteiger partial charge in [0.15, 0.2) is 0 Å². The van der Waals surface area contributed by atoms with Crippen molar-refractivity contribution in [2.24, 2.45) is 0 Å². The molecular weight excluding hydrogens is 180 g/mol. The Hall–Kier alpha value is -1.91. The fourth-order valence-electron chi connectivity index (χ4n) is 1.05. The number of hydrogen-bond donors (Lipinski definition) is 1. The normalized spacial score (nSPS) is 10.1. The van der Waals surface area contributed by atoms with Crippen molar-refractivity contribution in [3.63, 3.8) is 0 Å². The lowest BCUT2D eigenvalue weighted by molar-refractivity contribution is 0.432. The Morgan fingerprint density at radius 2 is 2.36 bits per heavy atom. The standard InChI is InChI=1S/C9H10N4O/c1-2-10-9-12-8(13-14-9)7-5-3-4-6-11-7/h3-6H,2H2,1H3,(H,10,12,13). The van der Waals surface area contributed by atoms with E-state index in [9.17, 15) is 0 Å². The zero-order valence-corrected chi connectivity index (χ0v) is 7.77. The topological polar surface area (TPSA) is 63.8 Å². The molecule has 0 radical (unpaired) electrons. The van der Waals surface area contributed by atoms with Crippen LogP contribution in [0.2, 0.25) is 0 Å². The predicted octanol–water partition coefficient (Wildman–Crippen LogP) is 1.56. The van der Waals surface area contributed by atoms with E-state index in [0.29, 0.717) is 17.5 Å². The third-order valence-corrected chi connectivity index (χ3v) is 1.65. The van der Waals surface area contributed by atoms with E-state index < -0.39 is 0 Å². The van der Waals surface area contributed by atoms with Crippen molar-refractivity contribution in [3.8, 4) is 11.5 Å². The van der Waals surface area contributed by atoms with Crippen LogP contribution in [0.15, 0.2) is 28.9 Å². The lowest BCUT2D eigenvalue weighted by Crippen LogP contribution is -1.95. The summed E-state index contributed by atoms with van der Waals surface area (Å²) in [6.45, 7) is 2.72. The van der Waals surface area contributed by atoms with Crippen LogP contribution >= 0.6 is 0 Å². The highest BCUT2D eigenvalue weighted by Crippen LogP contribution is 2.13. The molecule has 5 heteroatoms. The molecule has 14 heavy (non-hydrogen) atoms. The van der Waals surface area contributed by atoms with Crippen molar-refractivity contribution in [2.75, 3.05) is 11.9 Å². The van der Waals surface area contributed by atoms with Gasteiger partial charge in [0.25, 0.3) is 0 Å². The van der Waals surface area contributed by atoms with Crippen molar-refractivity contribution in [1.29, 1.82) is 0 Å². The minimum Gasteiger partial charge on any atom is -0.338 e. The van der Waals surface area contributed by atoms with Crippen LogP contribution in [0.1, 0.15) is 6.92 Å². The van der Waals surface area contributed by atoms with Gasteiger partial charge in [-0.3, -0.25) is 4.98 Å². The third kappa shape index (κ3) is 1.71. The van der Waals surface area contributed by atoms with Gasteiger partial charge < -0.3 is 9.84 Å². The summed E-state index contributed by atoms with van der Waals surface area (Å²) in [7, 11) is 0. The first kappa shape index (κ1) is 8.68. The van der Waals surface area contributed by atoms with Crippen LogP contribution in [-0.4, -0.2) is 21.7 Å². The van der Waals surface area contributed by atoms with Crippen molar-refractivity contribution < 1.29 is 4.52 Å². The summed E-state index contributed by atoms with van der Waals surface area (Å²) in [5.41, 5.74) is 0.709. The third-order valence-electron chi connectivity index (χ3n) is 1.65. The van der Waals surface area contributed by atoms with Gasteiger partial charge in [0.05, 0.1) is 0 Å². The van der Waals surface area contributed by atoms with Crippen LogP contribution < -0.4 is 5.32 Å². The summed E-state index contributed by atoms with van der Waals surface area (Å²) in [6, 6.07) is 5.98. The Morgan fingerprint density at radius 3 is 3.07 bits per heavy atom. The zero-order chi connectivity index (χ0) is 9.80. The van der Waals surface area contributed by atoms with E-state index in [-0.39, 0.29) is 0 Å². The first-order chi connectivity index (χ1) is 6.90. The van der Waals surface area contributed by atoms with E-state index in [1.165, 1.54) is 0 Å². The molecule has 0 saturated carbocycles. The van der Waals surface area contributed by atoms with Crippen molar-refractivity contribution in [1.82, 2.24) is 15.1 Å². The summed E-state index contributed by atoms with van der Waals surface area (Å²) in [6.07, 6.45) is 1.69. The molecule has 0 amide bonds. The van der Waals surface area contributed by atoms with E-state index in [4.69, 9.17) is 4.52 Å². The Balaban J connectivity index is 2.25. The van der Waals surface area contributed by atoms with Crippen LogP contribution in [-0.2, 0) is 0 Å². The number of pyridine rings is 1. The van der Waals surface area contributed by atoms with Gasteiger partial charge in [-0.05, 0) is 19.1 Å². The summed E-state index contributed by atoms with van der Waals surface area (Å²) in [5.74, 6) is 0.501. The predicted molar refractivity (Wildman–Crippen MR) is 51.7 cm³/mol. The Bertz CT molecular complexity index is 398. The number of anilines is 1. The van der Waals surface area contributed by atoms with Crippen LogP contribution in [0.4, 0.5) is 6.01 Å². The number of nitrogens with zero attached hydrogens (tertiary/aromatic N) is 3. The lowest BCUT2D eigenvalue weighted by atomic mass is 10.3. The van der Waals surface area contributed by atoms with Crippen LogP contribution in [0.3, 0.4) is 0 Å². The van der Waals surface area contributed by atoms with Gasteiger partial charge in [0, 0.05) is 12.7 Å². The van der Waals surface area contributed by atoms with E-state index in [2.05, 4.69) is 20.4 Å². The van der Waals surface area contributed by atoms with Crippen LogP contribution in [0.5, 0.6) is 0 Å². The highest BCUT2D eigenvalue weighted by Gasteiger charge is 2.07. The molecule has 72 valence electrons. The molecule has 2 rings (SSSR count). The molecule has 2 aromatic heterocycles. The second-order valence-corrected chi connectivity index (χ2v) is 2.67. The van der Waals surface area contributed by atoms with E-state index in [0.717, 1.165) is 6.54 Å². The number of aromatic nitrogens is 3. The molecule has 2 heterocycles. The second-order valence-electron chi connectivity index (χ2n) is 2.67. The van der Waals surface area contributed by atoms with Crippen LogP contribution in [0, 0.1) is 0 Å². The smallest absolute Gasteiger partial charge is 0.321 e. The molecule has 5 nitrogen and oxygen atoms in total. The Morgan fingerprint density at radius 1 is 1.43 bits per heavy atom. The number of hydrogen-bond acceptors (Lipinski definition) is 5. The van der Waals surface area contributed by atoms with Gasteiger partial charge in [-0.25, -0.2) is 0 Å². The number of nitrogens with one attached hydrogen (secondary N) is 1. The quantitative estimate of drug-likeness (QED) is 0.795. The molecule has 0 saturated heterocycles. The lowest BCUT2D eigenvalue weighted by Gasteiger charge is -1.91. The molecule has 0 unspecified atom stereocenters. The summed E-state index contributed by atoms with van der Waals surface area (Å²) in [5, 5.41) is 6.72. The van der Waals surface area contributed by atoms with E-state index in [1.54, 1.807) is 6.20 Å². The van der Waals surface area contributed by atoms with Gasteiger partial charge in [-0.1, -0.05) is 11.2 Å². The highest BCUT2D eigenvalue weighted by molar-refractivity contribution is 5.49. The Kier molecular flexibility index (Phi) is 2.40. The summed E-state index contributed by atoms with van der Waals surface area (Å²) in [4.78, 5) is 8.23. The molecule has 0 bridgehead atoms. The minimum absolute atomic E-state index is 0.424. The molecule has 0 atom stereocenters. The van der Waals surface area contributed by atoms with Crippen molar-refractivity contribution >= 4 is 6.01 Å². The largest absolute Gasteiger partial charge is 0.338 e. The summed E-state index contributed by atoms with van der Waals surface area (Å²) >= 11 is 0. The molecule has 0 aliphatic rings. The molecule has 0 aromatic carbocycles. The van der Waals surface area contributed by atoms with Gasteiger partial charge >= 0.3 is 6.01 Å². The zero-order valence-electron chi connectivity index (χ0n) is 7.77. The second kappa shape index (κ2) is 3.87. The van der Waals surface area contributed by atoms with Gasteiger partial charge in [-0.15, -0.1) is 0 Å². The SMILES string of the molecule is CCNc1nc(-c2ccccn2)no1. The number of rotatable bonds is 3. The first-order valence-corrected chi connectivity index (χ1v) is 4.39. The van der Waals surface area contributed by atoms with Gasteiger partial charge in [0.2, 0.25) is 5.82 Å². The highest BCUT2D eigenvalue weighted by atomic mass is 16.5. The maximum absolute atomic E-state index is 4.95. The maximum atomic E-state index is 4.95. The fraction of sp³-hybridized carbons (Fsp3) is 0.222. The van der Waals surface area contributed by atoms with E-state index in [1.807, 2.05) is 25.1 Å². The van der Waals surface area contributed by atoms with Gasteiger partial charge in [-0.2, -0.15) is 4.98 Å².